The average Bonchev–Trinajstić information content (AvgIpc) is 2.48. The molecule has 0 saturated heterocycles. The van der Waals surface area contributed by atoms with Crippen molar-refractivity contribution < 1.29 is 14.6 Å². The Morgan fingerprint density at radius 1 is 1.10 bits per heavy atom. The zero-order valence-electron chi connectivity index (χ0n) is 11.2. The van der Waals surface area contributed by atoms with Gasteiger partial charge in [0.2, 0.25) is 0 Å². The van der Waals surface area contributed by atoms with Crippen molar-refractivity contribution >= 4 is 5.91 Å². The van der Waals surface area contributed by atoms with E-state index in [1.807, 2.05) is 13.0 Å². The van der Waals surface area contributed by atoms with Gasteiger partial charge in [-0.25, -0.2) is 0 Å². The van der Waals surface area contributed by atoms with E-state index in [1.54, 1.807) is 48.5 Å². The van der Waals surface area contributed by atoms with Crippen LogP contribution in [0.3, 0.4) is 0 Å². The van der Waals surface area contributed by atoms with E-state index in [0.717, 1.165) is 0 Å². The van der Waals surface area contributed by atoms with E-state index in [1.165, 1.54) is 0 Å². The van der Waals surface area contributed by atoms with Crippen molar-refractivity contribution in [1.82, 2.24) is 0 Å². The summed E-state index contributed by atoms with van der Waals surface area (Å²) in [5.74, 6) is -0.135. The molecule has 4 nitrogen and oxygen atoms in total. The number of rotatable bonds is 5. The maximum absolute atomic E-state index is 11.8. The topological polar surface area (TPSA) is 72.6 Å². The molecule has 2 rings (SSSR count). The van der Waals surface area contributed by atoms with Crippen LogP contribution in [-0.2, 0) is 10.4 Å². The summed E-state index contributed by atoms with van der Waals surface area (Å²) in [4.78, 5) is 11.8. The molecule has 1 amide bonds. The summed E-state index contributed by atoms with van der Waals surface area (Å²) in [6.07, 6.45) is 0. The highest BCUT2D eigenvalue weighted by Gasteiger charge is 2.37. The third-order valence-electron chi connectivity index (χ3n) is 3.13. The zero-order chi connectivity index (χ0) is 14.6. The number of benzene rings is 2. The Morgan fingerprint density at radius 3 is 2.15 bits per heavy atom. The van der Waals surface area contributed by atoms with Gasteiger partial charge >= 0.3 is 0 Å². The number of nitrogens with two attached hydrogens (primary N) is 1. The predicted octanol–water partition coefficient (Wildman–Crippen LogP) is 1.81. The van der Waals surface area contributed by atoms with Crippen molar-refractivity contribution in [3.8, 4) is 5.75 Å². The van der Waals surface area contributed by atoms with Crippen LogP contribution in [0, 0.1) is 0 Å². The number of hydrogen-bond acceptors (Lipinski definition) is 3. The van der Waals surface area contributed by atoms with Gasteiger partial charge < -0.3 is 15.6 Å². The summed E-state index contributed by atoms with van der Waals surface area (Å²) >= 11 is 0. The molecule has 0 aromatic heterocycles. The lowest BCUT2D eigenvalue weighted by atomic mass is 9.86. The summed E-state index contributed by atoms with van der Waals surface area (Å²) in [5, 5.41) is 10.7. The SMILES string of the molecule is CCOc1ccc(C(O)(C(N)=O)c2ccccc2)cc1. The zero-order valence-corrected chi connectivity index (χ0v) is 11.2. The lowest BCUT2D eigenvalue weighted by molar-refractivity contribution is -0.133. The molecule has 0 fully saturated rings. The third kappa shape index (κ3) is 2.51. The Hall–Kier alpha value is -2.33. The lowest BCUT2D eigenvalue weighted by Gasteiger charge is -2.25. The van der Waals surface area contributed by atoms with Gasteiger partial charge in [0.25, 0.3) is 5.91 Å². The van der Waals surface area contributed by atoms with Gasteiger partial charge in [-0.3, -0.25) is 4.79 Å². The first-order chi connectivity index (χ1) is 9.59. The van der Waals surface area contributed by atoms with Crippen LogP contribution in [0.1, 0.15) is 18.1 Å². The summed E-state index contributed by atoms with van der Waals surface area (Å²) in [6, 6.07) is 15.3. The first-order valence-electron chi connectivity index (χ1n) is 6.40. The predicted molar refractivity (Wildman–Crippen MR) is 76.2 cm³/mol. The monoisotopic (exact) mass is 271 g/mol. The van der Waals surface area contributed by atoms with Crippen molar-refractivity contribution in [3.05, 3.63) is 65.7 Å². The highest BCUT2D eigenvalue weighted by molar-refractivity contribution is 5.88. The second-order valence-electron chi connectivity index (χ2n) is 4.40. The Balaban J connectivity index is 2.46. The van der Waals surface area contributed by atoms with E-state index in [0.29, 0.717) is 23.5 Å². The summed E-state index contributed by atoms with van der Waals surface area (Å²) in [6.45, 7) is 2.44. The quantitative estimate of drug-likeness (QED) is 0.871. The van der Waals surface area contributed by atoms with E-state index in [-0.39, 0.29) is 0 Å². The van der Waals surface area contributed by atoms with E-state index in [9.17, 15) is 9.90 Å². The molecule has 2 aromatic carbocycles. The van der Waals surface area contributed by atoms with Crippen LogP contribution < -0.4 is 10.5 Å². The number of carbonyl (C=O) groups is 1. The van der Waals surface area contributed by atoms with Gasteiger partial charge in [0, 0.05) is 0 Å². The van der Waals surface area contributed by atoms with Gasteiger partial charge in [0.05, 0.1) is 6.61 Å². The van der Waals surface area contributed by atoms with E-state index >= 15 is 0 Å². The van der Waals surface area contributed by atoms with Crippen molar-refractivity contribution in [2.75, 3.05) is 6.61 Å². The van der Waals surface area contributed by atoms with Crippen LogP contribution in [-0.4, -0.2) is 17.6 Å². The Morgan fingerprint density at radius 2 is 1.65 bits per heavy atom. The molecule has 0 aliphatic heterocycles. The molecule has 104 valence electrons. The summed E-state index contributed by atoms with van der Waals surface area (Å²) in [7, 11) is 0. The van der Waals surface area contributed by atoms with Crippen LogP contribution in [0.25, 0.3) is 0 Å². The number of hydrogen-bond donors (Lipinski definition) is 2. The fraction of sp³-hybridized carbons (Fsp3) is 0.188. The van der Waals surface area contributed by atoms with Gasteiger partial charge in [-0.15, -0.1) is 0 Å². The van der Waals surface area contributed by atoms with Crippen molar-refractivity contribution in [3.63, 3.8) is 0 Å². The molecule has 0 aliphatic carbocycles. The molecule has 0 aliphatic rings. The van der Waals surface area contributed by atoms with Crippen LogP contribution in [0.5, 0.6) is 5.75 Å². The van der Waals surface area contributed by atoms with Gasteiger partial charge in [0.1, 0.15) is 5.75 Å². The molecular formula is C16H17NO3. The molecule has 2 aromatic rings. The molecule has 0 spiro atoms. The van der Waals surface area contributed by atoms with Gasteiger partial charge in [-0.05, 0) is 30.2 Å². The number of primary amides is 1. The van der Waals surface area contributed by atoms with Gasteiger partial charge in [-0.2, -0.15) is 0 Å². The first-order valence-corrected chi connectivity index (χ1v) is 6.40. The minimum atomic E-state index is -1.84. The summed E-state index contributed by atoms with van der Waals surface area (Å²) < 4.78 is 5.34. The molecule has 0 radical (unpaired) electrons. The van der Waals surface area contributed by atoms with E-state index in [2.05, 4.69) is 0 Å². The Bertz CT molecular complexity index is 580. The van der Waals surface area contributed by atoms with Gasteiger partial charge in [0.15, 0.2) is 5.60 Å². The smallest absolute Gasteiger partial charge is 0.258 e. The molecule has 20 heavy (non-hydrogen) atoms. The molecule has 0 saturated carbocycles. The van der Waals surface area contributed by atoms with Crippen molar-refractivity contribution in [2.24, 2.45) is 5.73 Å². The molecular weight excluding hydrogens is 254 g/mol. The van der Waals surface area contributed by atoms with Crippen molar-refractivity contribution in [1.29, 1.82) is 0 Å². The lowest BCUT2D eigenvalue weighted by Crippen LogP contribution is -2.42. The Labute approximate surface area is 117 Å². The molecule has 3 N–H and O–H groups in total. The van der Waals surface area contributed by atoms with Crippen molar-refractivity contribution in [2.45, 2.75) is 12.5 Å². The Kier molecular flexibility index (Phi) is 4.05. The molecule has 4 heteroatoms. The fourth-order valence-corrected chi connectivity index (χ4v) is 2.09. The second-order valence-corrected chi connectivity index (χ2v) is 4.40. The third-order valence-corrected chi connectivity index (χ3v) is 3.13. The van der Waals surface area contributed by atoms with Crippen LogP contribution >= 0.6 is 0 Å². The van der Waals surface area contributed by atoms with Crippen LogP contribution in [0.2, 0.25) is 0 Å². The number of ether oxygens (including phenoxy) is 1. The molecule has 0 bridgehead atoms. The number of amides is 1. The number of carbonyl (C=O) groups excluding carboxylic acids is 1. The summed E-state index contributed by atoms with van der Waals surface area (Å²) in [5.41, 5.74) is 4.43. The normalized spacial score (nSPS) is 13.5. The molecule has 1 atom stereocenters. The average molecular weight is 271 g/mol. The fourth-order valence-electron chi connectivity index (χ4n) is 2.09. The molecule has 0 heterocycles. The minimum Gasteiger partial charge on any atom is -0.494 e. The maximum Gasteiger partial charge on any atom is 0.258 e. The highest BCUT2D eigenvalue weighted by Crippen LogP contribution is 2.30. The van der Waals surface area contributed by atoms with E-state index in [4.69, 9.17) is 10.5 Å². The number of aliphatic hydroxyl groups is 1. The molecule has 1 unspecified atom stereocenters. The first kappa shape index (κ1) is 14.1. The van der Waals surface area contributed by atoms with E-state index < -0.39 is 11.5 Å². The minimum absolute atomic E-state index is 0.416. The standard InChI is InChI=1S/C16H17NO3/c1-2-20-14-10-8-13(9-11-14)16(19,15(17)18)12-6-4-3-5-7-12/h3-11,19H,2H2,1H3,(H2,17,18). The van der Waals surface area contributed by atoms with Gasteiger partial charge in [-0.1, -0.05) is 42.5 Å². The second kappa shape index (κ2) is 5.75. The maximum atomic E-state index is 11.8. The van der Waals surface area contributed by atoms with Crippen LogP contribution in [0.15, 0.2) is 54.6 Å². The highest BCUT2D eigenvalue weighted by atomic mass is 16.5. The van der Waals surface area contributed by atoms with Crippen LogP contribution in [0.4, 0.5) is 0 Å². The largest absolute Gasteiger partial charge is 0.494 e.